The minimum atomic E-state index is 0.541. The normalized spacial score (nSPS) is 20.3. The van der Waals surface area contributed by atoms with Gasteiger partial charge in [0.1, 0.15) is 5.82 Å². The summed E-state index contributed by atoms with van der Waals surface area (Å²) in [5.41, 5.74) is 6.61. The first-order chi connectivity index (χ1) is 9.13. The molecule has 1 unspecified atom stereocenters. The van der Waals surface area contributed by atoms with Crippen molar-refractivity contribution < 1.29 is 0 Å². The summed E-state index contributed by atoms with van der Waals surface area (Å²) in [6.45, 7) is 9.67. The second-order valence-corrected chi connectivity index (χ2v) is 5.47. The number of rotatable bonds is 5. The molecule has 5 heteroatoms. The van der Waals surface area contributed by atoms with Crippen molar-refractivity contribution in [3.8, 4) is 0 Å². The number of hydrogen-bond donors (Lipinski definition) is 1. The number of anilines is 1. The highest BCUT2D eigenvalue weighted by atomic mass is 35.5. The zero-order valence-corrected chi connectivity index (χ0v) is 12.5. The third-order valence-electron chi connectivity index (χ3n) is 3.89. The van der Waals surface area contributed by atoms with Crippen LogP contribution in [0.3, 0.4) is 0 Å². The molecule has 1 aliphatic heterocycles. The Bertz CT molecular complexity index is 420. The van der Waals surface area contributed by atoms with Crippen LogP contribution in [0.25, 0.3) is 0 Å². The van der Waals surface area contributed by atoms with Crippen LogP contribution in [0.15, 0.2) is 12.1 Å². The average molecular weight is 283 g/mol. The summed E-state index contributed by atoms with van der Waals surface area (Å²) in [4.78, 5) is 9.27. The van der Waals surface area contributed by atoms with E-state index in [9.17, 15) is 0 Å². The average Bonchev–Trinajstić information content (AvgIpc) is 2.84. The minimum Gasteiger partial charge on any atom is -0.384 e. The third-order valence-corrected chi connectivity index (χ3v) is 4.23. The maximum Gasteiger partial charge on any atom is 0.123 e. The number of pyridine rings is 1. The Labute approximate surface area is 120 Å². The highest BCUT2D eigenvalue weighted by Gasteiger charge is 2.26. The Kier molecular flexibility index (Phi) is 5.02. The summed E-state index contributed by atoms with van der Waals surface area (Å²) < 4.78 is 0. The molecule has 1 fully saturated rings. The Morgan fingerprint density at radius 1 is 1.42 bits per heavy atom. The maximum atomic E-state index is 6.17. The molecule has 1 saturated heterocycles. The summed E-state index contributed by atoms with van der Waals surface area (Å²) in [6.07, 6.45) is 1.22. The molecule has 0 amide bonds. The predicted octanol–water partition coefficient (Wildman–Crippen LogP) is 2.23. The van der Waals surface area contributed by atoms with Gasteiger partial charge in [0.25, 0.3) is 0 Å². The van der Waals surface area contributed by atoms with Crippen molar-refractivity contribution >= 4 is 17.4 Å². The molecule has 0 saturated carbocycles. The highest BCUT2D eigenvalue weighted by molar-refractivity contribution is 6.31. The van der Waals surface area contributed by atoms with Crippen LogP contribution in [0.1, 0.15) is 26.0 Å². The van der Waals surface area contributed by atoms with E-state index in [0.29, 0.717) is 16.9 Å². The number of nitrogen functional groups attached to an aromatic ring is 1. The standard InChI is InChI=1S/C14H23ClN4/c1-3-19(4-2)11-7-8-18(9-11)10-13-12(15)5-6-14(16)17-13/h5-6,11H,3-4,7-10H2,1-2H3,(H2,16,17). The van der Waals surface area contributed by atoms with Gasteiger partial charge in [-0.15, -0.1) is 0 Å². The van der Waals surface area contributed by atoms with Crippen LogP contribution in [-0.4, -0.2) is 47.0 Å². The molecular weight excluding hydrogens is 260 g/mol. The molecular formula is C14H23ClN4. The van der Waals surface area contributed by atoms with Crippen LogP contribution in [0, 0.1) is 0 Å². The van der Waals surface area contributed by atoms with Crippen LogP contribution in [0.5, 0.6) is 0 Å². The minimum absolute atomic E-state index is 0.541. The van der Waals surface area contributed by atoms with Crippen molar-refractivity contribution in [2.24, 2.45) is 0 Å². The number of halogens is 1. The maximum absolute atomic E-state index is 6.17. The quantitative estimate of drug-likeness (QED) is 0.900. The van der Waals surface area contributed by atoms with Crippen LogP contribution in [0.4, 0.5) is 5.82 Å². The van der Waals surface area contributed by atoms with E-state index in [1.807, 2.05) is 6.07 Å². The topological polar surface area (TPSA) is 45.4 Å². The van der Waals surface area contributed by atoms with Gasteiger partial charge in [-0.1, -0.05) is 25.4 Å². The summed E-state index contributed by atoms with van der Waals surface area (Å²) >= 11 is 6.17. The number of nitrogens with zero attached hydrogens (tertiary/aromatic N) is 3. The van der Waals surface area contributed by atoms with Gasteiger partial charge in [0.05, 0.1) is 10.7 Å². The zero-order valence-electron chi connectivity index (χ0n) is 11.8. The van der Waals surface area contributed by atoms with Gasteiger partial charge in [0.15, 0.2) is 0 Å². The van der Waals surface area contributed by atoms with E-state index >= 15 is 0 Å². The smallest absolute Gasteiger partial charge is 0.123 e. The molecule has 0 spiro atoms. The fourth-order valence-corrected chi connectivity index (χ4v) is 2.98. The molecule has 1 aliphatic rings. The van der Waals surface area contributed by atoms with Gasteiger partial charge < -0.3 is 5.73 Å². The fraction of sp³-hybridized carbons (Fsp3) is 0.643. The Hall–Kier alpha value is -0.840. The van der Waals surface area contributed by atoms with E-state index in [0.717, 1.165) is 38.4 Å². The van der Waals surface area contributed by atoms with Gasteiger partial charge in [0.2, 0.25) is 0 Å². The first-order valence-corrected chi connectivity index (χ1v) is 7.39. The highest BCUT2D eigenvalue weighted by Crippen LogP contribution is 2.21. The van der Waals surface area contributed by atoms with Gasteiger partial charge in [0, 0.05) is 25.7 Å². The molecule has 1 atom stereocenters. The van der Waals surface area contributed by atoms with Crippen molar-refractivity contribution in [3.63, 3.8) is 0 Å². The van der Waals surface area contributed by atoms with Crippen LogP contribution < -0.4 is 5.73 Å². The van der Waals surface area contributed by atoms with E-state index < -0.39 is 0 Å². The Morgan fingerprint density at radius 2 is 2.16 bits per heavy atom. The number of likely N-dealkylation sites (N-methyl/N-ethyl adjacent to an activating group) is 1. The molecule has 2 N–H and O–H groups in total. The molecule has 1 aromatic heterocycles. The van der Waals surface area contributed by atoms with Gasteiger partial charge in [-0.2, -0.15) is 0 Å². The number of nitrogens with two attached hydrogens (primary N) is 1. The van der Waals surface area contributed by atoms with Crippen LogP contribution >= 0.6 is 11.6 Å². The molecule has 2 rings (SSSR count). The fourth-order valence-electron chi connectivity index (χ4n) is 2.82. The monoisotopic (exact) mass is 282 g/mol. The molecule has 0 radical (unpaired) electrons. The number of aromatic nitrogens is 1. The largest absolute Gasteiger partial charge is 0.384 e. The lowest BCUT2D eigenvalue weighted by atomic mass is 10.2. The van der Waals surface area contributed by atoms with E-state index in [1.54, 1.807) is 6.07 Å². The third kappa shape index (κ3) is 3.59. The van der Waals surface area contributed by atoms with Crippen molar-refractivity contribution in [1.82, 2.24) is 14.8 Å². The summed E-state index contributed by atoms with van der Waals surface area (Å²) in [5.74, 6) is 0.541. The van der Waals surface area contributed by atoms with Crippen LogP contribution in [0.2, 0.25) is 5.02 Å². The van der Waals surface area contributed by atoms with Gasteiger partial charge in [-0.05, 0) is 31.6 Å². The SMILES string of the molecule is CCN(CC)C1CCN(Cc2nc(N)ccc2Cl)C1. The van der Waals surface area contributed by atoms with E-state index in [-0.39, 0.29) is 0 Å². The first-order valence-electron chi connectivity index (χ1n) is 7.01. The lowest BCUT2D eigenvalue weighted by Gasteiger charge is -2.26. The van der Waals surface area contributed by atoms with Crippen molar-refractivity contribution in [1.29, 1.82) is 0 Å². The lowest BCUT2D eigenvalue weighted by molar-refractivity contribution is 0.208. The summed E-state index contributed by atoms with van der Waals surface area (Å²) in [6, 6.07) is 4.24. The molecule has 4 nitrogen and oxygen atoms in total. The summed E-state index contributed by atoms with van der Waals surface area (Å²) in [7, 11) is 0. The molecule has 19 heavy (non-hydrogen) atoms. The number of hydrogen-bond acceptors (Lipinski definition) is 4. The van der Waals surface area contributed by atoms with E-state index in [2.05, 4.69) is 28.6 Å². The van der Waals surface area contributed by atoms with Crippen molar-refractivity contribution in [3.05, 3.63) is 22.8 Å². The van der Waals surface area contributed by atoms with Crippen LogP contribution in [-0.2, 0) is 6.54 Å². The van der Waals surface area contributed by atoms with E-state index in [4.69, 9.17) is 17.3 Å². The molecule has 106 valence electrons. The second kappa shape index (κ2) is 6.55. The molecule has 1 aromatic rings. The summed E-state index contributed by atoms with van der Waals surface area (Å²) in [5, 5.41) is 0.709. The zero-order chi connectivity index (χ0) is 13.8. The Balaban J connectivity index is 1.96. The molecule has 0 aliphatic carbocycles. The molecule has 2 heterocycles. The van der Waals surface area contributed by atoms with E-state index in [1.165, 1.54) is 6.42 Å². The Morgan fingerprint density at radius 3 is 2.84 bits per heavy atom. The van der Waals surface area contributed by atoms with Crippen molar-refractivity contribution in [2.45, 2.75) is 32.9 Å². The van der Waals surface area contributed by atoms with Gasteiger partial charge in [-0.3, -0.25) is 9.80 Å². The van der Waals surface area contributed by atoms with Gasteiger partial charge in [-0.25, -0.2) is 4.98 Å². The van der Waals surface area contributed by atoms with Gasteiger partial charge >= 0.3 is 0 Å². The number of likely N-dealkylation sites (tertiary alicyclic amines) is 1. The second-order valence-electron chi connectivity index (χ2n) is 5.06. The first kappa shape index (κ1) is 14.6. The predicted molar refractivity (Wildman–Crippen MR) is 80.3 cm³/mol. The molecule has 0 bridgehead atoms. The molecule has 0 aromatic carbocycles. The van der Waals surface area contributed by atoms with Crippen molar-refractivity contribution in [2.75, 3.05) is 31.9 Å². The lowest BCUT2D eigenvalue weighted by Crippen LogP contribution is -2.37.